The lowest BCUT2D eigenvalue weighted by atomic mass is 9.98. The summed E-state index contributed by atoms with van der Waals surface area (Å²) < 4.78 is 5.19. The fourth-order valence-electron chi connectivity index (χ4n) is 4.05. The summed E-state index contributed by atoms with van der Waals surface area (Å²) >= 11 is 0. The molecule has 1 aromatic carbocycles. The first-order chi connectivity index (χ1) is 12.7. The maximum absolute atomic E-state index is 12.9. The summed E-state index contributed by atoms with van der Waals surface area (Å²) in [6.07, 6.45) is 7.22. The van der Waals surface area contributed by atoms with Crippen LogP contribution in [0.3, 0.4) is 0 Å². The number of piperidine rings is 1. The first-order valence-corrected chi connectivity index (χ1v) is 10.1. The average Bonchev–Trinajstić information content (AvgIpc) is 2.90. The molecule has 1 N–H and O–H groups in total. The lowest BCUT2D eigenvalue weighted by molar-refractivity contribution is 0.129. The van der Waals surface area contributed by atoms with Crippen LogP contribution in [-0.4, -0.2) is 55.2 Å². The summed E-state index contributed by atoms with van der Waals surface area (Å²) in [7, 11) is 1.65. The molecule has 2 heterocycles. The molecule has 3 rings (SSSR count). The van der Waals surface area contributed by atoms with E-state index in [-0.39, 0.29) is 6.03 Å². The molecule has 144 valence electrons. The molecule has 26 heavy (non-hydrogen) atoms. The number of likely N-dealkylation sites (tertiary alicyclic amines) is 2. The van der Waals surface area contributed by atoms with Crippen molar-refractivity contribution in [3.63, 3.8) is 0 Å². The van der Waals surface area contributed by atoms with Crippen LogP contribution in [0.25, 0.3) is 0 Å². The highest BCUT2D eigenvalue weighted by molar-refractivity contribution is 5.89. The van der Waals surface area contributed by atoms with E-state index >= 15 is 0 Å². The molecule has 0 spiro atoms. The molecule has 2 aliphatic rings. The van der Waals surface area contributed by atoms with Gasteiger partial charge in [-0.15, -0.1) is 0 Å². The molecule has 5 heteroatoms. The van der Waals surface area contributed by atoms with Crippen LogP contribution in [0.4, 0.5) is 10.5 Å². The van der Waals surface area contributed by atoms with Crippen molar-refractivity contribution in [1.82, 2.24) is 9.80 Å². The largest absolute Gasteiger partial charge is 0.497 e. The van der Waals surface area contributed by atoms with Crippen LogP contribution < -0.4 is 10.1 Å². The van der Waals surface area contributed by atoms with Crippen LogP contribution in [0.5, 0.6) is 5.75 Å². The predicted molar refractivity (Wildman–Crippen MR) is 106 cm³/mol. The van der Waals surface area contributed by atoms with Crippen molar-refractivity contribution in [3.8, 4) is 5.75 Å². The smallest absolute Gasteiger partial charge is 0.322 e. The monoisotopic (exact) mass is 359 g/mol. The number of methoxy groups -OCH3 is 1. The van der Waals surface area contributed by atoms with Gasteiger partial charge in [-0.05, 0) is 69.0 Å². The zero-order valence-corrected chi connectivity index (χ0v) is 16.2. The number of ether oxygens (including phenoxy) is 1. The summed E-state index contributed by atoms with van der Waals surface area (Å²) in [6.45, 7) is 6.56. The van der Waals surface area contributed by atoms with E-state index in [2.05, 4.69) is 22.0 Å². The summed E-state index contributed by atoms with van der Waals surface area (Å²) in [5.41, 5.74) is 0.825. The highest BCUT2D eigenvalue weighted by Gasteiger charge is 2.28. The van der Waals surface area contributed by atoms with E-state index in [9.17, 15) is 4.79 Å². The maximum Gasteiger partial charge on any atom is 0.322 e. The topological polar surface area (TPSA) is 44.8 Å². The number of nitrogens with one attached hydrogen (secondary N) is 1. The number of carbonyl (C=O) groups is 1. The van der Waals surface area contributed by atoms with Crippen molar-refractivity contribution in [2.45, 2.75) is 51.5 Å². The van der Waals surface area contributed by atoms with Gasteiger partial charge in [0.25, 0.3) is 0 Å². The maximum atomic E-state index is 12.9. The molecule has 2 saturated heterocycles. The van der Waals surface area contributed by atoms with Gasteiger partial charge in [-0.25, -0.2) is 4.79 Å². The van der Waals surface area contributed by atoms with Gasteiger partial charge in [-0.1, -0.05) is 19.8 Å². The molecule has 0 saturated carbocycles. The van der Waals surface area contributed by atoms with Crippen molar-refractivity contribution >= 4 is 11.7 Å². The molecule has 1 unspecified atom stereocenters. The van der Waals surface area contributed by atoms with Gasteiger partial charge in [-0.3, -0.25) is 0 Å². The summed E-state index contributed by atoms with van der Waals surface area (Å²) in [4.78, 5) is 17.6. The Kier molecular flexibility index (Phi) is 6.78. The van der Waals surface area contributed by atoms with Crippen LogP contribution in [0.2, 0.25) is 0 Å². The van der Waals surface area contributed by atoms with E-state index in [1.165, 1.54) is 38.8 Å². The average molecular weight is 360 g/mol. The first kappa shape index (κ1) is 19.0. The van der Waals surface area contributed by atoms with E-state index in [1.807, 2.05) is 24.3 Å². The number of amides is 2. The van der Waals surface area contributed by atoms with Crippen LogP contribution in [0, 0.1) is 5.92 Å². The Morgan fingerprint density at radius 3 is 2.50 bits per heavy atom. The first-order valence-electron chi connectivity index (χ1n) is 10.1. The van der Waals surface area contributed by atoms with Gasteiger partial charge in [0.2, 0.25) is 0 Å². The Labute approximate surface area is 157 Å². The number of urea groups is 1. The highest BCUT2D eigenvalue weighted by atomic mass is 16.5. The van der Waals surface area contributed by atoms with Crippen LogP contribution in [-0.2, 0) is 0 Å². The van der Waals surface area contributed by atoms with Gasteiger partial charge in [0.15, 0.2) is 0 Å². The number of hydrogen-bond donors (Lipinski definition) is 1. The Morgan fingerprint density at radius 1 is 1.08 bits per heavy atom. The summed E-state index contributed by atoms with van der Waals surface area (Å²) in [5, 5.41) is 3.08. The van der Waals surface area contributed by atoms with E-state index in [0.717, 1.165) is 43.3 Å². The lowest BCUT2D eigenvalue weighted by Gasteiger charge is -2.37. The van der Waals surface area contributed by atoms with Crippen LogP contribution >= 0.6 is 0 Å². The highest BCUT2D eigenvalue weighted by Crippen LogP contribution is 2.23. The predicted octanol–water partition coefficient (Wildman–Crippen LogP) is 4.20. The Bertz CT molecular complexity index is 567. The zero-order chi connectivity index (χ0) is 18.4. The molecule has 1 aromatic rings. The standard InChI is InChI=1S/C21H33N3O2/c1-17-11-14-23(15-12-17)16-19-6-4-3-5-13-24(19)21(25)22-18-7-9-20(26-2)10-8-18/h7-10,17,19H,3-6,11-16H2,1-2H3,(H,22,25). The second kappa shape index (κ2) is 9.26. The van der Waals surface area contributed by atoms with Gasteiger partial charge < -0.3 is 19.9 Å². The van der Waals surface area contributed by atoms with Gasteiger partial charge in [0.1, 0.15) is 5.75 Å². The number of hydrogen-bond acceptors (Lipinski definition) is 3. The molecule has 0 aromatic heterocycles. The van der Waals surface area contributed by atoms with Crippen molar-refractivity contribution < 1.29 is 9.53 Å². The molecule has 5 nitrogen and oxygen atoms in total. The summed E-state index contributed by atoms with van der Waals surface area (Å²) in [6, 6.07) is 7.91. The van der Waals surface area contributed by atoms with Crippen molar-refractivity contribution in [2.75, 3.05) is 38.6 Å². The Balaban J connectivity index is 1.62. The molecule has 1 atom stereocenters. The molecule has 0 radical (unpaired) electrons. The van der Waals surface area contributed by atoms with Crippen LogP contribution in [0.1, 0.15) is 45.4 Å². The quantitative estimate of drug-likeness (QED) is 0.876. The third kappa shape index (κ3) is 5.13. The number of rotatable bonds is 4. The molecular weight excluding hydrogens is 326 g/mol. The molecule has 0 bridgehead atoms. The second-order valence-corrected chi connectivity index (χ2v) is 7.84. The van der Waals surface area contributed by atoms with Gasteiger partial charge in [0.05, 0.1) is 7.11 Å². The fraction of sp³-hybridized carbons (Fsp3) is 0.667. The third-order valence-corrected chi connectivity index (χ3v) is 5.82. The number of anilines is 1. The SMILES string of the molecule is COc1ccc(NC(=O)N2CCCCCC2CN2CCC(C)CC2)cc1. The van der Waals surface area contributed by atoms with Gasteiger partial charge >= 0.3 is 6.03 Å². The van der Waals surface area contributed by atoms with Crippen molar-refractivity contribution in [3.05, 3.63) is 24.3 Å². The molecular formula is C21H33N3O2. The lowest BCUT2D eigenvalue weighted by Crippen LogP contribution is -2.49. The van der Waals surface area contributed by atoms with Crippen LogP contribution in [0.15, 0.2) is 24.3 Å². The van der Waals surface area contributed by atoms with E-state index in [1.54, 1.807) is 7.11 Å². The van der Waals surface area contributed by atoms with Gasteiger partial charge in [0, 0.05) is 24.8 Å². The third-order valence-electron chi connectivity index (χ3n) is 5.82. The molecule has 2 fully saturated rings. The Hall–Kier alpha value is -1.75. The minimum atomic E-state index is 0.0347. The van der Waals surface area contributed by atoms with E-state index in [4.69, 9.17) is 4.74 Å². The second-order valence-electron chi connectivity index (χ2n) is 7.84. The normalized spacial score (nSPS) is 22.7. The Morgan fingerprint density at radius 2 is 1.81 bits per heavy atom. The minimum Gasteiger partial charge on any atom is -0.497 e. The number of benzene rings is 1. The fourth-order valence-corrected chi connectivity index (χ4v) is 4.05. The van der Waals surface area contributed by atoms with Crippen molar-refractivity contribution in [2.24, 2.45) is 5.92 Å². The molecule has 2 aliphatic heterocycles. The number of nitrogens with zero attached hydrogens (tertiary/aromatic N) is 2. The molecule has 2 amide bonds. The van der Waals surface area contributed by atoms with Gasteiger partial charge in [-0.2, -0.15) is 0 Å². The molecule has 0 aliphatic carbocycles. The van der Waals surface area contributed by atoms with Crippen molar-refractivity contribution in [1.29, 1.82) is 0 Å². The van der Waals surface area contributed by atoms with E-state index in [0.29, 0.717) is 6.04 Å². The minimum absolute atomic E-state index is 0.0347. The number of carbonyl (C=O) groups excluding carboxylic acids is 1. The van der Waals surface area contributed by atoms with E-state index < -0.39 is 0 Å². The zero-order valence-electron chi connectivity index (χ0n) is 16.2. The summed E-state index contributed by atoms with van der Waals surface area (Å²) in [5.74, 6) is 1.64.